The van der Waals surface area contributed by atoms with Gasteiger partial charge in [0.15, 0.2) is 5.78 Å². The Morgan fingerprint density at radius 3 is 1.88 bits per heavy atom. The number of halogens is 2. The first-order valence-electron chi connectivity index (χ1n) is 7.23. The van der Waals surface area contributed by atoms with Crippen molar-refractivity contribution >= 4 is 73.1 Å². The molecule has 0 aliphatic heterocycles. The average Bonchev–Trinajstić information content (AvgIpc) is 2.55. The molecule has 2 aromatic rings. The summed E-state index contributed by atoms with van der Waals surface area (Å²) in [7, 11) is -3.71. The van der Waals surface area contributed by atoms with E-state index in [4.69, 9.17) is 0 Å². The number of allylic oxidation sites excluding steroid dienone is 1. The third-order valence-corrected chi connectivity index (χ3v) is 5.66. The minimum absolute atomic E-state index is 0.478. The Kier molecular flexibility index (Phi) is 7.63. The first kappa shape index (κ1) is 20.1. The van der Waals surface area contributed by atoms with Gasteiger partial charge in [0.05, 0.1) is 0 Å². The third kappa shape index (κ3) is 7.70. The number of hydrogen-bond donors (Lipinski definition) is 1. The fourth-order valence-electron chi connectivity index (χ4n) is 1.85. The van der Waals surface area contributed by atoms with E-state index in [0.717, 1.165) is 18.3 Å². The number of hydrogen-bond acceptors (Lipinski definition) is 3. The Morgan fingerprint density at radius 2 is 1.36 bits per heavy atom. The van der Waals surface area contributed by atoms with Crippen molar-refractivity contribution in [3.63, 3.8) is 0 Å². The van der Waals surface area contributed by atoms with E-state index in [0.29, 0.717) is 0 Å². The van der Waals surface area contributed by atoms with Gasteiger partial charge >= 0.3 is 0 Å². The molecular weight excluding hydrogens is 564 g/mol. The Hall–Kier alpha value is -1.20. The molecule has 2 aromatic carbocycles. The van der Waals surface area contributed by atoms with E-state index in [9.17, 15) is 13.2 Å². The van der Waals surface area contributed by atoms with E-state index in [-0.39, 0.29) is 0 Å². The molecule has 0 aromatic heterocycles. The first-order valence-corrected chi connectivity index (χ1v) is 11.0. The maximum atomic E-state index is 11.9. The minimum Gasteiger partial charge on any atom is -0.294 e. The van der Waals surface area contributed by atoms with Crippen molar-refractivity contribution in [2.45, 2.75) is 0 Å². The van der Waals surface area contributed by atoms with Crippen LogP contribution in [0.1, 0.15) is 11.1 Å². The smallest absolute Gasteiger partial charge is 0.239 e. The van der Waals surface area contributed by atoms with Crippen LogP contribution in [-0.4, -0.2) is 20.0 Å². The zero-order valence-electron chi connectivity index (χ0n) is 13.0. The lowest BCUT2D eigenvalue weighted by atomic mass is 10.2. The monoisotopic (exact) mass is 579 g/mol. The Labute approximate surface area is 174 Å². The number of rotatable bonds is 7. The lowest BCUT2D eigenvalue weighted by Crippen LogP contribution is -2.25. The normalized spacial score (nSPS) is 11.9. The molecule has 0 unspecified atom stereocenters. The Morgan fingerprint density at radius 1 is 0.880 bits per heavy atom. The second kappa shape index (κ2) is 9.48. The molecule has 0 atom stereocenters. The summed E-state index contributed by atoms with van der Waals surface area (Å²) in [5, 5.41) is 0. The summed E-state index contributed by atoms with van der Waals surface area (Å²) in [5.74, 6) is -1.07. The van der Waals surface area contributed by atoms with E-state index in [1.165, 1.54) is 12.3 Å². The van der Waals surface area contributed by atoms with Crippen LogP contribution in [-0.2, 0) is 14.8 Å². The number of carbonyl (C=O) groups excluding carboxylic acids is 1. The predicted molar refractivity (Wildman–Crippen MR) is 118 cm³/mol. The molecule has 0 spiro atoms. The minimum atomic E-state index is -3.71. The first-order chi connectivity index (χ1) is 11.8. The van der Waals surface area contributed by atoms with Crippen molar-refractivity contribution in [1.82, 2.24) is 4.72 Å². The lowest BCUT2D eigenvalue weighted by molar-refractivity contribution is -0.112. The molecule has 1 N–H and O–H groups in total. The lowest BCUT2D eigenvalue weighted by Gasteiger charge is -2.01. The number of carbonyl (C=O) groups is 1. The molecule has 0 heterocycles. The van der Waals surface area contributed by atoms with Crippen LogP contribution in [0.25, 0.3) is 12.2 Å². The zero-order valence-corrected chi connectivity index (χ0v) is 18.2. The molecule has 0 aliphatic carbocycles. The van der Waals surface area contributed by atoms with Crippen LogP contribution < -0.4 is 4.72 Å². The van der Waals surface area contributed by atoms with Gasteiger partial charge < -0.3 is 0 Å². The molecule has 2 rings (SSSR count). The van der Waals surface area contributed by atoms with Crippen LogP contribution >= 0.6 is 45.2 Å². The number of sulfonamides is 1. The van der Waals surface area contributed by atoms with Crippen molar-refractivity contribution in [3.05, 3.63) is 79.1 Å². The molecule has 0 saturated heterocycles. The number of ketones is 1. The summed E-state index contributed by atoms with van der Waals surface area (Å²) in [6.45, 7) is 0. The van der Waals surface area contributed by atoms with Gasteiger partial charge in [0.25, 0.3) is 0 Å². The van der Waals surface area contributed by atoms with E-state index < -0.39 is 21.6 Å². The second-order valence-corrected chi connectivity index (χ2v) is 9.36. The Bertz CT molecular complexity index is 887. The summed E-state index contributed by atoms with van der Waals surface area (Å²) in [6, 6.07) is 15.2. The van der Waals surface area contributed by atoms with Gasteiger partial charge in [-0.2, -0.15) is 0 Å². The van der Waals surface area contributed by atoms with Gasteiger partial charge in [-0.1, -0.05) is 30.3 Å². The van der Waals surface area contributed by atoms with Gasteiger partial charge in [0.2, 0.25) is 10.0 Å². The van der Waals surface area contributed by atoms with Gasteiger partial charge in [-0.05, 0) is 92.7 Å². The topological polar surface area (TPSA) is 63.2 Å². The summed E-state index contributed by atoms with van der Waals surface area (Å²) in [4.78, 5) is 11.8. The molecule has 7 heteroatoms. The fourth-order valence-corrected chi connectivity index (χ4v) is 3.40. The van der Waals surface area contributed by atoms with Crippen LogP contribution in [0.2, 0.25) is 0 Å². The van der Waals surface area contributed by atoms with Crippen molar-refractivity contribution < 1.29 is 13.2 Å². The van der Waals surface area contributed by atoms with E-state index in [2.05, 4.69) is 49.9 Å². The van der Waals surface area contributed by atoms with Crippen LogP contribution in [0.3, 0.4) is 0 Å². The summed E-state index contributed by atoms with van der Waals surface area (Å²) < 4.78 is 28.3. The van der Waals surface area contributed by atoms with Crippen LogP contribution in [0.15, 0.2) is 60.8 Å². The van der Waals surface area contributed by atoms with Crippen LogP contribution in [0, 0.1) is 7.14 Å². The molecule has 0 saturated carbocycles. The van der Waals surface area contributed by atoms with E-state index in [1.807, 2.05) is 48.5 Å². The van der Waals surface area contributed by atoms with E-state index in [1.54, 1.807) is 12.2 Å². The summed E-state index contributed by atoms with van der Waals surface area (Å²) >= 11 is 4.38. The zero-order chi connectivity index (χ0) is 18.3. The van der Waals surface area contributed by atoms with Crippen LogP contribution in [0.4, 0.5) is 0 Å². The Balaban J connectivity index is 1.90. The van der Waals surface area contributed by atoms with Crippen molar-refractivity contribution in [1.29, 1.82) is 0 Å². The highest BCUT2D eigenvalue weighted by Gasteiger charge is 2.12. The molecule has 0 fully saturated rings. The molecule has 0 aliphatic rings. The fraction of sp³-hybridized carbons (Fsp3) is 0.0556. The maximum absolute atomic E-state index is 11.9. The summed E-state index contributed by atoms with van der Waals surface area (Å²) in [5.41, 5.74) is 1.71. The van der Waals surface area contributed by atoms with E-state index >= 15 is 0 Å². The highest BCUT2D eigenvalue weighted by Crippen LogP contribution is 2.09. The maximum Gasteiger partial charge on any atom is 0.239 e. The SMILES string of the molecule is O=C(/C=C\c1ccc(I)cc1)CS(=O)(=O)N/C=C/c1ccc(I)cc1. The van der Waals surface area contributed by atoms with Crippen molar-refractivity contribution in [2.75, 3.05) is 5.75 Å². The highest BCUT2D eigenvalue weighted by molar-refractivity contribution is 14.1. The number of benzene rings is 2. The average molecular weight is 579 g/mol. The van der Waals surface area contributed by atoms with Crippen LogP contribution in [0.5, 0.6) is 0 Å². The van der Waals surface area contributed by atoms with Gasteiger partial charge in [0, 0.05) is 13.3 Å². The predicted octanol–water partition coefficient (Wildman–Crippen LogP) is 4.07. The molecule has 0 amide bonds. The van der Waals surface area contributed by atoms with Crippen molar-refractivity contribution in [2.24, 2.45) is 0 Å². The van der Waals surface area contributed by atoms with Crippen molar-refractivity contribution in [3.8, 4) is 0 Å². The standard InChI is InChI=1S/C18H15I2NO3S/c19-16-6-1-14(2-7-16)5-10-18(22)13-25(23,24)21-12-11-15-3-8-17(20)9-4-15/h1-12,21H,13H2/b10-5-,12-11+. The van der Waals surface area contributed by atoms with Gasteiger partial charge in [-0.25, -0.2) is 8.42 Å². The van der Waals surface area contributed by atoms with Gasteiger partial charge in [-0.15, -0.1) is 0 Å². The molecule has 0 bridgehead atoms. The highest BCUT2D eigenvalue weighted by atomic mass is 127. The quantitative estimate of drug-likeness (QED) is 0.398. The molecule has 4 nitrogen and oxygen atoms in total. The second-order valence-electron chi connectivity index (χ2n) is 5.11. The molecular formula is C18H15I2NO3S. The molecule has 0 radical (unpaired) electrons. The largest absolute Gasteiger partial charge is 0.294 e. The van der Waals surface area contributed by atoms with Gasteiger partial charge in [-0.3, -0.25) is 9.52 Å². The third-order valence-electron chi connectivity index (χ3n) is 3.06. The molecule has 25 heavy (non-hydrogen) atoms. The van der Waals surface area contributed by atoms with Gasteiger partial charge in [0.1, 0.15) is 5.75 Å². The molecule has 130 valence electrons. The summed E-state index contributed by atoms with van der Waals surface area (Å²) in [6.07, 6.45) is 5.85. The number of nitrogens with one attached hydrogen (secondary N) is 1.